The van der Waals surface area contributed by atoms with Crippen LogP contribution in [0.4, 0.5) is 0 Å². The zero-order valence-corrected chi connectivity index (χ0v) is 10.7. The van der Waals surface area contributed by atoms with Gasteiger partial charge < -0.3 is 32.2 Å². The molecular weight excluding hydrogens is 296 g/mol. The first kappa shape index (κ1) is 20.9. The molecule has 0 amide bonds. The maximum Gasteiger partial charge on any atom is 0.330 e. The highest BCUT2D eigenvalue weighted by molar-refractivity contribution is 5.82. The molecule has 0 bridgehead atoms. The van der Waals surface area contributed by atoms with Gasteiger partial charge in [-0.2, -0.15) is 10.2 Å². The minimum Gasteiger partial charge on any atom is -0.454 e. The molecule has 9 N–H and O–H groups in total. The third kappa shape index (κ3) is 11.7. The van der Waals surface area contributed by atoms with E-state index in [2.05, 4.69) is 25.3 Å². The molecule has 122 valence electrons. The highest BCUT2D eigenvalue weighted by Crippen LogP contribution is 2.03. The summed E-state index contributed by atoms with van der Waals surface area (Å²) in [6.45, 7) is -0.0694. The van der Waals surface area contributed by atoms with Gasteiger partial charge in [0.2, 0.25) is 11.9 Å². The molecule has 12 nitrogen and oxygen atoms in total. The summed E-state index contributed by atoms with van der Waals surface area (Å²) in [5.41, 5.74) is 20.3. The second kappa shape index (κ2) is 12.6. The molecule has 22 heavy (non-hydrogen) atoms. The zero-order chi connectivity index (χ0) is 16.1. The van der Waals surface area contributed by atoms with Crippen LogP contribution in [0.25, 0.3) is 0 Å². The van der Waals surface area contributed by atoms with Crippen molar-refractivity contribution in [3.63, 3.8) is 0 Å². The monoisotopic (exact) mass is 314 g/mol. The van der Waals surface area contributed by atoms with Crippen LogP contribution < -0.4 is 22.9 Å². The average molecular weight is 314 g/mol. The van der Waals surface area contributed by atoms with Crippen LogP contribution >= 0.6 is 0 Å². The molecule has 0 aliphatic heterocycles. The first-order chi connectivity index (χ1) is 9.99. The Kier molecular flexibility index (Phi) is 12.0. The van der Waals surface area contributed by atoms with Gasteiger partial charge in [-0.05, 0) is 12.1 Å². The Bertz CT molecular complexity index is 498. The Balaban J connectivity index is 0. The normalized spacial score (nSPS) is 9.32. The Morgan fingerprint density at radius 2 is 1.41 bits per heavy atom. The number of furan rings is 1. The number of guanidine groups is 2. The van der Waals surface area contributed by atoms with Gasteiger partial charge >= 0.3 is 6.47 Å². The van der Waals surface area contributed by atoms with Crippen molar-refractivity contribution in [2.75, 3.05) is 0 Å². The van der Waals surface area contributed by atoms with Crippen molar-refractivity contribution in [2.45, 2.75) is 7.43 Å². The molecule has 0 saturated heterocycles. The molecule has 1 aromatic rings. The van der Waals surface area contributed by atoms with Gasteiger partial charge in [-0.25, -0.2) is 5.26 Å². The lowest BCUT2D eigenvalue weighted by Gasteiger charge is -1.85. The summed E-state index contributed by atoms with van der Waals surface area (Å²) < 4.78 is 5.25. The lowest BCUT2D eigenvalue weighted by molar-refractivity contribution is -0.217. The summed E-state index contributed by atoms with van der Waals surface area (Å²) in [5, 5.41) is 21.0. The van der Waals surface area contributed by atoms with Crippen LogP contribution in [-0.4, -0.2) is 36.1 Å². The molecule has 0 aromatic carbocycles. The molecule has 0 atom stereocenters. The summed E-state index contributed by atoms with van der Waals surface area (Å²) in [5.74, 6) is 0.645. The second-order valence-electron chi connectivity index (χ2n) is 2.98. The van der Waals surface area contributed by atoms with Crippen molar-refractivity contribution in [3.8, 4) is 0 Å². The van der Waals surface area contributed by atoms with Crippen LogP contribution in [0.15, 0.2) is 37.0 Å². The summed E-state index contributed by atoms with van der Waals surface area (Å²) in [4.78, 5) is 11.6. The van der Waals surface area contributed by atoms with E-state index in [1.807, 2.05) is 0 Å². The third-order valence-electron chi connectivity index (χ3n) is 1.41. The molecule has 1 heterocycles. The summed E-state index contributed by atoms with van der Waals surface area (Å²) in [6, 6.07) is 3.31. The molecule has 1 rings (SSSR count). The van der Waals surface area contributed by atoms with Gasteiger partial charge in [0.25, 0.3) is 0 Å². The van der Waals surface area contributed by atoms with E-state index in [0.29, 0.717) is 11.5 Å². The maximum atomic E-state index is 8.70. The number of carbonyl (C=O) groups excluding carboxylic acids is 1. The number of nitrogens with zero attached hydrogens (tertiary/aromatic N) is 4. The van der Waals surface area contributed by atoms with Gasteiger partial charge in [-0.1, -0.05) is 7.43 Å². The van der Waals surface area contributed by atoms with Crippen LogP contribution in [0.3, 0.4) is 0 Å². The fraction of sp³-hybridized carbons (Fsp3) is 0.100. The van der Waals surface area contributed by atoms with Gasteiger partial charge in [0.05, 0.1) is 12.4 Å². The standard InChI is InChI=1S/C8H12N8O.CH2O3.CH4/c9-7(10)15-13-3-5-1-2-6(17-5)4-14-16-8(11)12;2-1-4-3;/h1-4H,(H4,9,10,15)(H4,11,12,16);1,3H;1H4/b13-3+,14-4+;;. The minimum atomic E-state index is -0.137. The van der Waals surface area contributed by atoms with Crippen molar-refractivity contribution in [1.82, 2.24) is 0 Å². The number of nitrogens with two attached hydrogens (primary N) is 4. The first-order valence-corrected chi connectivity index (χ1v) is 5.07. The van der Waals surface area contributed by atoms with Crippen LogP contribution in [0.2, 0.25) is 0 Å². The van der Waals surface area contributed by atoms with E-state index in [1.54, 1.807) is 12.1 Å². The topological polar surface area (TPSA) is 213 Å². The van der Waals surface area contributed by atoms with E-state index in [9.17, 15) is 0 Å². The van der Waals surface area contributed by atoms with Crippen LogP contribution in [0.1, 0.15) is 18.9 Å². The van der Waals surface area contributed by atoms with Crippen molar-refractivity contribution in [3.05, 3.63) is 23.7 Å². The van der Waals surface area contributed by atoms with Gasteiger partial charge in [-0.15, -0.1) is 10.2 Å². The number of hydrogen-bond acceptors (Lipinski definition) is 8. The molecule has 0 radical (unpaired) electrons. The van der Waals surface area contributed by atoms with Crippen molar-refractivity contribution in [2.24, 2.45) is 43.3 Å². The Labute approximate surface area is 125 Å². The second-order valence-corrected chi connectivity index (χ2v) is 2.98. The van der Waals surface area contributed by atoms with E-state index in [-0.39, 0.29) is 25.8 Å². The molecule has 12 heteroatoms. The van der Waals surface area contributed by atoms with Gasteiger partial charge in [-0.3, -0.25) is 4.79 Å². The highest BCUT2D eigenvalue weighted by atomic mass is 17.1. The molecule has 0 aliphatic rings. The Morgan fingerprint density at radius 1 is 1.05 bits per heavy atom. The Hall–Kier alpha value is -3.41. The van der Waals surface area contributed by atoms with E-state index in [1.165, 1.54) is 12.4 Å². The van der Waals surface area contributed by atoms with E-state index in [4.69, 9.17) is 37.4 Å². The van der Waals surface area contributed by atoms with Crippen molar-refractivity contribution >= 4 is 30.8 Å². The van der Waals surface area contributed by atoms with Gasteiger partial charge in [0, 0.05) is 0 Å². The van der Waals surface area contributed by atoms with Crippen molar-refractivity contribution < 1.29 is 19.4 Å². The molecule has 0 unspecified atom stereocenters. The molecular formula is C10H18N8O4. The predicted molar refractivity (Wildman–Crippen MR) is 82.0 cm³/mol. The number of hydrogen-bond donors (Lipinski definition) is 5. The van der Waals surface area contributed by atoms with Crippen molar-refractivity contribution in [1.29, 1.82) is 0 Å². The zero-order valence-electron chi connectivity index (χ0n) is 10.7. The maximum absolute atomic E-state index is 8.70. The minimum absolute atomic E-state index is 0. The highest BCUT2D eigenvalue weighted by Gasteiger charge is 1.96. The van der Waals surface area contributed by atoms with Gasteiger partial charge in [0.1, 0.15) is 11.5 Å². The van der Waals surface area contributed by atoms with E-state index < -0.39 is 0 Å². The predicted octanol–water partition coefficient (Wildman–Crippen LogP) is -1.24. The van der Waals surface area contributed by atoms with Crippen LogP contribution in [0, 0.1) is 0 Å². The molecule has 0 aliphatic carbocycles. The number of carbonyl (C=O) groups is 1. The lowest BCUT2D eigenvalue weighted by atomic mass is 10.4. The third-order valence-corrected chi connectivity index (χ3v) is 1.41. The summed E-state index contributed by atoms with van der Waals surface area (Å²) >= 11 is 0. The SMILES string of the molecule is C.NC(N)=N/N=C/c1ccc(/C=N/N=C(N)N)o1.O=COO. The molecule has 0 fully saturated rings. The fourth-order valence-electron chi connectivity index (χ4n) is 0.812. The quantitative estimate of drug-likeness (QED) is 0.145. The Morgan fingerprint density at radius 3 is 1.68 bits per heavy atom. The average Bonchev–Trinajstić information content (AvgIpc) is 2.86. The van der Waals surface area contributed by atoms with Crippen LogP contribution in [-0.2, 0) is 9.68 Å². The smallest absolute Gasteiger partial charge is 0.330 e. The largest absolute Gasteiger partial charge is 0.454 e. The first-order valence-electron chi connectivity index (χ1n) is 5.07. The molecule has 0 spiro atoms. The van der Waals surface area contributed by atoms with Crippen LogP contribution in [0.5, 0.6) is 0 Å². The molecule has 0 saturated carbocycles. The summed E-state index contributed by atoms with van der Waals surface area (Å²) in [6.07, 6.45) is 2.69. The lowest BCUT2D eigenvalue weighted by Crippen LogP contribution is -2.21. The fourth-order valence-corrected chi connectivity index (χ4v) is 0.812. The van der Waals surface area contributed by atoms with E-state index in [0.717, 1.165) is 0 Å². The summed E-state index contributed by atoms with van der Waals surface area (Å²) in [7, 11) is 0. The number of rotatable bonds is 5. The molecule has 1 aromatic heterocycles. The van der Waals surface area contributed by atoms with Gasteiger partial charge in [0.15, 0.2) is 0 Å². The van der Waals surface area contributed by atoms with E-state index >= 15 is 0 Å².